The van der Waals surface area contributed by atoms with Gasteiger partial charge in [0.05, 0.1) is 0 Å². The zero-order chi connectivity index (χ0) is 13.2. The van der Waals surface area contributed by atoms with Gasteiger partial charge < -0.3 is 10.4 Å². The van der Waals surface area contributed by atoms with Crippen LogP contribution in [0, 0.1) is 5.82 Å². The Morgan fingerprint density at radius 2 is 2.05 bits per heavy atom. The second kappa shape index (κ2) is 5.02. The molecule has 98 valence electrons. The topological polar surface area (TPSA) is 32.3 Å². The van der Waals surface area contributed by atoms with Crippen molar-refractivity contribution < 1.29 is 9.50 Å². The van der Waals surface area contributed by atoms with E-state index in [4.69, 9.17) is 0 Å². The number of hydrogen-bond acceptors (Lipinski definition) is 2. The number of phenols is 1. The zero-order valence-corrected chi connectivity index (χ0v) is 10.6. The number of phenolic OH excluding ortho intramolecular Hbond substituents is 1. The lowest BCUT2D eigenvalue weighted by atomic mass is 10.1. The molecule has 2 nitrogen and oxygen atoms in total. The van der Waals surface area contributed by atoms with Gasteiger partial charge in [0.2, 0.25) is 0 Å². The molecule has 3 heteroatoms. The lowest BCUT2D eigenvalue weighted by Gasteiger charge is -2.14. The van der Waals surface area contributed by atoms with Gasteiger partial charge in [-0.25, -0.2) is 4.39 Å². The predicted octanol–water partition coefficient (Wildman–Crippen LogP) is 3.31. The molecular weight excluding hydrogens is 241 g/mol. The van der Waals surface area contributed by atoms with Crippen molar-refractivity contribution in [3.8, 4) is 5.75 Å². The average molecular weight is 257 g/mol. The highest BCUT2D eigenvalue weighted by Gasteiger charge is 2.23. The molecule has 2 aromatic carbocycles. The predicted molar refractivity (Wildman–Crippen MR) is 72.4 cm³/mol. The van der Waals surface area contributed by atoms with Gasteiger partial charge in [0.25, 0.3) is 0 Å². The van der Waals surface area contributed by atoms with E-state index in [1.165, 1.54) is 6.07 Å². The third-order valence-corrected chi connectivity index (χ3v) is 3.69. The summed E-state index contributed by atoms with van der Waals surface area (Å²) >= 11 is 0. The SMILES string of the molecule is Oc1cccc2c1CCC2NCc1cccc(F)c1. The Balaban J connectivity index is 1.72. The number of benzene rings is 2. The smallest absolute Gasteiger partial charge is 0.123 e. The molecule has 0 amide bonds. The quantitative estimate of drug-likeness (QED) is 0.884. The Labute approximate surface area is 111 Å². The Kier molecular flexibility index (Phi) is 3.22. The summed E-state index contributed by atoms with van der Waals surface area (Å²) in [5.41, 5.74) is 3.14. The number of fused-ring (bicyclic) bond motifs is 1. The fourth-order valence-electron chi connectivity index (χ4n) is 2.74. The van der Waals surface area contributed by atoms with Crippen LogP contribution in [0.2, 0.25) is 0 Å². The molecule has 0 spiro atoms. The molecule has 1 aliphatic carbocycles. The molecule has 0 aliphatic heterocycles. The molecule has 1 unspecified atom stereocenters. The van der Waals surface area contributed by atoms with E-state index in [-0.39, 0.29) is 11.9 Å². The van der Waals surface area contributed by atoms with E-state index in [2.05, 4.69) is 5.32 Å². The van der Waals surface area contributed by atoms with Crippen LogP contribution in [-0.2, 0) is 13.0 Å². The molecule has 1 aliphatic rings. The van der Waals surface area contributed by atoms with Crippen LogP contribution in [0.4, 0.5) is 4.39 Å². The molecule has 0 aromatic heterocycles. The van der Waals surface area contributed by atoms with Crippen LogP contribution in [0.25, 0.3) is 0 Å². The second-order valence-corrected chi connectivity index (χ2v) is 4.95. The van der Waals surface area contributed by atoms with Crippen LogP contribution in [0.5, 0.6) is 5.75 Å². The van der Waals surface area contributed by atoms with Crippen LogP contribution in [-0.4, -0.2) is 5.11 Å². The highest BCUT2D eigenvalue weighted by atomic mass is 19.1. The molecule has 2 N–H and O–H groups in total. The van der Waals surface area contributed by atoms with Gasteiger partial charge in [-0.15, -0.1) is 0 Å². The van der Waals surface area contributed by atoms with Crippen molar-refractivity contribution >= 4 is 0 Å². The normalized spacial score (nSPS) is 17.4. The number of rotatable bonds is 3. The highest BCUT2D eigenvalue weighted by molar-refractivity contribution is 5.44. The Hall–Kier alpha value is -1.87. The van der Waals surface area contributed by atoms with Gasteiger partial charge in [-0.2, -0.15) is 0 Å². The molecule has 1 atom stereocenters. The number of aromatic hydroxyl groups is 1. The summed E-state index contributed by atoms with van der Waals surface area (Å²) in [6, 6.07) is 12.5. The van der Waals surface area contributed by atoms with E-state index >= 15 is 0 Å². The first-order valence-corrected chi connectivity index (χ1v) is 6.52. The van der Waals surface area contributed by atoms with E-state index in [0.29, 0.717) is 12.3 Å². The van der Waals surface area contributed by atoms with Gasteiger partial charge in [-0.05, 0) is 47.7 Å². The number of halogens is 1. The maximum absolute atomic E-state index is 13.1. The maximum Gasteiger partial charge on any atom is 0.123 e. The third kappa shape index (κ3) is 2.47. The summed E-state index contributed by atoms with van der Waals surface area (Å²) in [5, 5.41) is 13.2. The van der Waals surface area contributed by atoms with Crippen molar-refractivity contribution in [3.63, 3.8) is 0 Å². The van der Waals surface area contributed by atoms with Crippen molar-refractivity contribution in [2.75, 3.05) is 0 Å². The second-order valence-electron chi connectivity index (χ2n) is 4.95. The number of hydrogen-bond donors (Lipinski definition) is 2. The zero-order valence-electron chi connectivity index (χ0n) is 10.6. The first-order chi connectivity index (χ1) is 9.24. The van der Waals surface area contributed by atoms with Crippen LogP contribution < -0.4 is 5.32 Å². The number of nitrogens with one attached hydrogen (secondary N) is 1. The van der Waals surface area contributed by atoms with Gasteiger partial charge in [0.15, 0.2) is 0 Å². The molecule has 2 aromatic rings. The first-order valence-electron chi connectivity index (χ1n) is 6.52. The first kappa shape index (κ1) is 12.2. The largest absolute Gasteiger partial charge is 0.508 e. The molecule has 0 fully saturated rings. The fourth-order valence-corrected chi connectivity index (χ4v) is 2.74. The summed E-state index contributed by atoms with van der Waals surface area (Å²) in [6.45, 7) is 0.636. The molecule has 0 saturated carbocycles. The fraction of sp³-hybridized carbons (Fsp3) is 0.250. The Morgan fingerprint density at radius 3 is 2.89 bits per heavy atom. The van der Waals surface area contributed by atoms with Gasteiger partial charge >= 0.3 is 0 Å². The lowest BCUT2D eigenvalue weighted by Crippen LogP contribution is -2.18. The van der Waals surface area contributed by atoms with Gasteiger partial charge in [-0.3, -0.25) is 0 Å². The maximum atomic E-state index is 13.1. The van der Waals surface area contributed by atoms with Crippen molar-refractivity contribution in [2.45, 2.75) is 25.4 Å². The summed E-state index contributed by atoms with van der Waals surface area (Å²) in [4.78, 5) is 0. The van der Waals surface area contributed by atoms with Crippen LogP contribution in [0.3, 0.4) is 0 Å². The lowest BCUT2D eigenvalue weighted by molar-refractivity contribution is 0.469. The molecule has 3 rings (SSSR count). The van der Waals surface area contributed by atoms with Gasteiger partial charge in [-0.1, -0.05) is 24.3 Å². The highest BCUT2D eigenvalue weighted by Crippen LogP contribution is 2.36. The monoisotopic (exact) mass is 257 g/mol. The van der Waals surface area contributed by atoms with Crippen molar-refractivity contribution in [1.29, 1.82) is 0 Å². The molecule has 19 heavy (non-hydrogen) atoms. The van der Waals surface area contributed by atoms with E-state index in [0.717, 1.165) is 29.5 Å². The van der Waals surface area contributed by atoms with Crippen LogP contribution in [0.1, 0.15) is 29.2 Å². The van der Waals surface area contributed by atoms with Crippen LogP contribution >= 0.6 is 0 Å². The minimum absolute atomic E-state index is 0.205. The van der Waals surface area contributed by atoms with E-state index < -0.39 is 0 Å². The van der Waals surface area contributed by atoms with Crippen molar-refractivity contribution in [1.82, 2.24) is 5.32 Å². The van der Waals surface area contributed by atoms with Gasteiger partial charge in [0.1, 0.15) is 11.6 Å². The summed E-state index contributed by atoms with van der Waals surface area (Å²) < 4.78 is 13.1. The molecule has 0 radical (unpaired) electrons. The minimum Gasteiger partial charge on any atom is -0.508 e. The molecular formula is C16H16FNO. The summed E-state index contributed by atoms with van der Waals surface area (Å²) in [5.74, 6) is 0.177. The summed E-state index contributed by atoms with van der Waals surface area (Å²) in [6.07, 6.45) is 1.87. The van der Waals surface area contributed by atoms with E-state index in [9.17, 15) is 9.50 Å². The van der Waals surface area contributed by atoms with Crippen molar-refractivity contribution in [3.05, 3.63) is 65.0 Å². The summed E-state index contributed by atoms with van der Waals surface area (Å²) in [7, 11) is 0. The van der Waals surface area contributed by atoms with Crippen LogP contribution in [0.15, 0.2) is 42.5 Å². The standard InChI is InChI=1S/C16H16FNO/c17-12-4-1-3-11(9-12)10-18-15-8-7-14-13(15)5-2-6-16(14)19/h1-6,9,15,18-19H,7-8,10H2. The Morgan fingerprint density at radius 1 is 1.21 bits per heavy atom. The molecule has 0 saturated heterocycles. The Bertz CT molecular complexity index is 597. The molecule has 0 heterocycles. The minimum atomic E-state index is -0.205. The third-order valence-electron chi connectivity index (χ3n) is 3.69. The van der Waals surface area contributed by atoms with E-state index in [1.54, 1.807) is 18.2 Å². The molecule has 0 bridgehead atoms. The van der Waals surface area contributed by atoms with E-state index in [1.807, 2.05) is 18.2 Å². The average Bonchev–Trinajstić information content (AvgIpc) is 2.81. The van der Waals surface area contributed by atoms with Crippen molar-refractivity contribution in [2.24, 2.45) is 0 Å². The van der Waals surface area contributed by atoms with Gasteiger partial charge in [0, 0.05) is 12.6 Å².